The fourth-order valence-electron chi connectivity index (χ4n) is 2.13. The highest BCUT2D eigenvalue weighted by Gasteiger charge is 2.16. The summed E-state index contributed by atoms with van der Waals surface area (Å²) in [6, 6.07) is 6.24. The quantitative estimate of drug-likeness (QED) is 0.598. The van der Waals surface area contributed by atoms with E-state index in [-0.39, 0.29) is 11.0 Å². The molecule has 0 saturated carbocycles. The summed E-state index contributed by atoms with van der Waals surface area (Å²) in [7, 11) is 0. The van der Waals surface area contributed by atoms with Crippen molar-refractivity contribution in [3.63, 3.8) is 0 Å². The lowest BCUT2D eigenvalue weighted by Gasteiger charge is -2.13. The predicted octanol–water partition coefficient (Wildman–Crippen LogP) is 4.81. The van der Waals surface area contributed by atoms with Crippen LogP contribution in [-0.4, -0.2) is 15.3 Å². The molecule has 0 spiro atoms. The number of thioether (sulfide) groups is 1. The molecule has 3 heteroatoms. The molecule has 0 aliphatic heterocycles. The van der Waals surface area contributed by atoms with E-state index in [0.717, 1.165) is 18.4 Å². The number of rotatable bonds is 5. The molecule has 0 aliphatic rings. The monoisotopic (exact) mass is 261 g/mol. The van der Waals surface area contributed by atoms with Crippen LogP contribution >= 0.6 is 11.8 Å². The Labute approximate surface area is 112 Å². The van der Waals surface area contributed by atoms with Crippen LogP contribution in [0.25, 0.3) is 10.9 Å². The molecule has 1 unspecified atom stereocenters. The van der Waals surface area contributed by atoms with E-state index >= 15 is 0 Å². The Hall–Kier alpha value is -1.35. The van der Waals surface area contributed by atoms with Gasteiger partial charge in [-0.1, -0.05) is 32.1 Å². The molecule has 18 heavy (non-hydrogen) atoms. The number of aromatic amines is 1. The molecular formula is C15H19NOS. The highest BCUT2D eigenvalue weighted by atomic mass is 32.2. The summed E-state index contributed by atoms with van der Waals surface area (Å²) in [6.07, 6.45) is 4.01. The van der Waals surface area contributed by atoms with Crippen molar-refractivity contribution in [2.24, 2.45) is 0 Å². The molecule has 0 radical (unpaired) electrons. The summed E-state index contributed by atoms with van der Waals surface area (Å²) >= 11 is 1.69. The van der Waals surface area contributed by atoms with Crippen LogP contribution in [0, 0.1) is 6.92 Å². The standard InChI is InChI=1S/C15H19NOS/c1-4-6-13(11(3)17)18-14-9-16-12-8-5-7-10(2)15(12)14/h5,7-9,13,16-17H,3-4,6H2,1-2H3. The molecule has 1 aromatic heterocycles. The summed E-state index contributed by atoms with van der Waals surface area (Å²) in [4.78, 5) is 4.47. The van der Waals surface area contributed by atoms with Crippen molar-refractivity contribution in [1.29, 1.82) is 0 Å². The van der Waals surface area contributed by atoms with Crippen molar-refractivity contribution < 1.29 is 5.11 Å². The van der Waals surface area contributed by atoms with Crippen molar-refractivity contribution in [2.45, 2.75) is 36.8 Å². The minimum absolute atomic E-state index is 0.0774. The molecule has 1 aromatic carbocycles. The van der Waals surface area contributed by atoms with E-state index in [1.807, 2.05) is 6.20 Å². The number of aliphatic hydroxyl groups excluding tert-OH is 1. The largest absolute Gasteiger partial charge is 0.512 e. The minimum atomic E-state index is 0.0774. The van der Waals surface area contributed by atoms with Gasteiger partial charge in [-0.25, -0.2) is 0 Å². The Kier molecular flexibility index (Phi) is 4.02. The van der Waals surface area contributed by atoms with Crippen molar-refractivity contribution in [2.75, 3.05) is 0 Å². The van der Waals surface area contributed by atoms with Gasteiger partial charge in [-0.15, -0.1) is 11.8 Å². The third-order valence-corrected chi connectivity index (χ3v) is 4.44. The average molecular weight is 261 g/mol. The number of nitrogens with one attached hydrogen (secondary N) is 1. The molecule has 2 aromatic rings. The van der Waals surface area contributed by atoms with E-state index in [1.54, 1.807) is 11.8 Å². The lowest BCUT2D eigenvalue weighted by Crippen LogP contribution is -2.04. The number of aromatic nitrogens is 1. The number of hydrogen-bond acceptors (Lipinski definition) is 2. The molecule has 2 nitrogen and oxygen atoms in total. The van der Waals surface area contributed by atoms with Gasteiger partial charge in [0.25, 0.3) is 0 Å². The van der Waals surface area contributed by atoms with Gasteiger partial charge in [-0.05, 0) is 25.0 Å². The fourth-order valence-corrected chi connectivity index (χ4v) is 3.44. The lowest BCUT2D eigenvalue weighted by molar-refractivity contribution is 0.391. The SMILES string of the molecule is C=C(O)C(CCC)Sc1c[nH]c2cccc(C)c12. The second kappa shape index (κ2) is 5.53. The molecule has 0 aliphatic carbocycles. The number of fused-ring (bicyclic) bond motifs is 1. The van der Waals surface area contributed by atoms with Crippen LogP contribution in [0.1, 0.15) is 25.3 Å². The topological polar surface area (TPSA) is 36.0 Å². The Balaban J connectivity index is 2.33. The smallest absolute Gasteiger partial charge is 0.0984 e. The minimum Gasteiger partial charge on any atom is -0.512 e. The molecular weight excluding hydrogens is 242 g/mol. The zero-order valence-corrected chi connectivity index (χ0v) is 11.7. The maximum absolute atomic E-state index is 9.66. The first-order valence-corrected chi connectivity index (χ1v) is 7.12. The van der Waals surface area contributed by atoms with Crippen LogP contribution in [0.2, 0.25) is 0 Å². The van der Waals surface area contributed by atoms with Crippen molar-refractivity contribution in [3.8, 4) is 0 Å². The average Bonchev–Trinajstić information content (AvgIpc) is 2.73. The van der Waals surface area contributed by atoms with Gasteiger partial charge in [0.2, 0.25) is 0 Å². The first-order valence-electron chi connectivity index (χ1n) is 6.24. The van der Waals surface area contributed by atoms with E-state index in [2.05, 4.69) is 43.6 Å². The second-order valence-electron chi connectivity index (χ2n) is 4.54. The Morgan fingerprint density at radius 1 is 1.50 bits per heavy atom. The van der Waals surface area contributed by atoms with Crippen molar-refractivity contribution in [1.82, 2.24) is 4.98 Å². The summed E-state index contributed by atoms with van der Waals surface area (Å²) < 4.78 is 0. The van der Waals surface area contributed by atoms with Crippen LogP contribution < -0.4 is 0 Å². The highest BCUT2D eigenvalue weighted by Crippen LogP contribution is 2.36. The van der Waals surface area contributed by atoms with E-state index < -0.39 is 0 Å². The zero-order valence-electron chi connectivity index (χ0n) is 10.9. The summed E-state index contributed by atoms with van der Waals surface area (Å²) in [5.74, 6) is 0.268. The van der Waals surface area contributed by atoms with Gasteiger partial charge in [0, 0.05) is 22.0 Å². The molecule has 96 valence electrons. The summed E-state index contributed by atoms with van der Waals surface area (Å²) in [5, 5.41) is 11.0. The van der Waals surface area contributed by atoms with Gasteiger partial charge >= 0.3 is 0 Å². The normalized spacial score (nSPS) is 12.8. The van der Waals surface area contributed by atoms with Crippen LogP contribution in [0.3, 0.4) is 0 Å². The number of hydrogen-bond donors (Lipinski definition) is 2. The summed E-state index contributed by atoms with van der Waals surface area (Å²) in [6.45, 7) is 7.92. The van der Waals surface area contributed by atoms with Gasteiger partial charge in [-0.2, -0.15) is 0 Å². The molecule has 0 bridgehead atoms. The molecule has 1 atom stereocenters. The highest BCUT2D eigenvalue weighted by molar-refractivity contribution is 8.00. The van der Waals surface area contributed by atoms with Crippen LogP contribution in [0.4, 0.5) is 0 Å². The number of aryl methyl sites for hydroxylation is 1. The molecule has 0 amide bonds. The van der Waals surface area contributed by atoms with Crippen molar-refractivity contribution >= 4 is 22.7 Å². The fraction of sp³-hybridized carbons (Fsp3) is 0.333. The van der Waals surface area contributed by atoms with Gasteiger partial charge in [-0.3, -0.25) is 0 Å². The molecule has 0 saturated heterocycles. The van der Waals surface area contributed by atoms with Gasteiger partial charge in [0.15, 0.2) is 0 Å². The number of aliphatic hydroxyl groups is 1. The molecule has 0 fully saturated rings. The summed E-state index contributed by atoms with van der Waals surface area (Å²) in [5.41, 5.74) is 2.41. The third kappa shape index (κ3) is 2.56. The van der Waals surface area contributed by atoms with E-state index in [0.29, 0.717) is 0 Å². The molecule has 2 rings (SSSR count). The predicted molar refractivity (Wildman–Crippen MR) is 79.4 cm³/mol. The number of H-pyrrole nitrogens is 1. The number of benzene rings is 1. The maximum atomic E-state index is 9.66. The first-order chi connectivity index (χ1) is 8.63. The van der Waals surface area contributed by atoms with Gasteiger partial charge < -0.3 is 10.1 Å². The third-order valence-electron chi connectivity index (χ3n) is 3.07. The van der Waals surface area contributed by atoms with Crippen LogP contribution in [-0.2, 0) is 0 Å². The van der Waals surface area contributed by atoms with Gasteiger partial charge in [0.1, 0.15) is 0 Å². The maximum Gasteiger partial charge on any atom is 0.0984 e. The molecule has 1 heterocycles. The van der Waals surface area contributed by atoms with Crippen LogP contribution in [0.5, 0.6) is 0 Å². The van der Waals surface area contributed by atoms with Gasteiger partial charge in [0.05, 0.1) is 11.0 Å². The van der Waals surface area contributed by atoms with E-state index in [1.165, 1.54) is 15.8 Å². The zero-order chi connectivity index (χ0) is 13.1. The van der Waals surface area contributed by atoms with Crippen molar-refractivity contribution in [3.05, 3.63) is 42.3 Å². The van der Waals surface area contributed by atoms with E-state index in [4.69, 9.17) is 0 Å². The van der Waals surface area contributed by atoms with E-state index in [9.17, 15) is 5.11 Å². The second-order valence-corrected chi connectivity index (χ2v) is 5.78. The molecule has 2 N–H and O–H groups in total. The first kappa shape index (κ1) is 13.1. The Morgan fingerprint density at radius 3 is 2.94 bits per heavy atom. The Morgan fingerprint density at radius 2 is 2.28 bits per heavy atom. The lowest BCUT2D eigenvalue weighted by atomic mass is 10.1. The Bertz CT molecular complexity index is 559. The van der Waals surface area contributed by atoms with Crippen LogP contribution in [0.15, 0.2) is 41.6 Å².